The van der Waals surface area contributed by atoms with Crippen molar-refractivity contribution in [3.8, 4) is 0 Å². The van der Waals surface area contributed by atoms with Crippen molar-refractivity contribution in [3.63, 3.8) is 0 Å². The summed E-state index contributed by atoms with van der Waals surface area (Å²) in [5.74, 6) is -1.44. The topological polar surface area (TPSA) is 112 Å². The van der Waals surface area contributed by atoms with Crippen molar-refractivity contribution in [3.05, 3.63) is 53.3 Å². The number of pyridine rings is 1. The predicted molar refractivity (Wildman–Crippen MR) is 86.0 cm³/mol. The van der Waals surface area contributed by atoms with E-state index >= 15 is 0 Å². The molecule has 2 aromatic rings. The number of nitrogens with zero attached hydrogens (tertiary/aromatic N) is 4. The van der Waals surface area contributed by atoms with Crippen molar-refractivity contribution in [1.82, 2.24) is 25.3 Å². The standard InChI is InChI=1S/C15H11N5O3S/c1-7(9-6-17-19-18-9)10-13(21)20-11(15(22)23)12(24-14(10)20)8-3-2-4-16-5-8/h2-6,14H,1H3,(H,22,23)(H,17,18,19)/b10-7-/t14-/m1/s1. The maximum atomic E-state index is 12.6. The lowest BCUT2D eigenvalue weighted by atomic mass is 9.97. The van der Waals surface area contributed by atoms with Crippen molar-refractivity contribution in [2.45, 2.75) is 12.3 Å². The van der Waals surface area contributed by atoms with Gasteiger partial charge in [-0.15, -0.1) is 5.10 Å². The van der Waals surface area contributed by atoms with Crippen molar-refractivity contribution < 1.29 is 14.7 Å². The molecule has 2 N–H and O–H groups in total. The zero-order valence-corrected chi connectivity index (χ0v) is 13.2. The van der Waals surface area contributed by atoms with Gasteiger partial charge in [0.25, 0.3) is 5.91 Å². The monoisotopic (exact) mass is 341 g/mol. The fourth-order valence-electron chi connectivity index (χ4n) is 2.78. The first-order chi connectivity index (χ1) is 11.6. The molecule has 2 aromatic heterocycles. The molecule has 0 bridgehead atoms. The Morgan fingerprint density at radius 3 is 2.92 bits per heavy atom. The third-order valence-electron chi connectivity index (χ3n) is 3.95. The number of amides is 1. The van der Waals surface area contributed by atoms with E-state index in [4.69, 9.17) is 0 Å². The molecular weight excluding hydrogens is 330 g/mol. The molecule has 1 fully saturated rings. The summed E-state index contributed by atoms with van der Waals surface area (Å²) >= 11 is 1.34. The number of hydrogen-bond donors (Lipinski definition) is 2. The van der Waals surface area contributed by atoms with E-state index in [9.17, 15) is 14.7 Å². The van der Waals surface area contributed by atoms with Crippen LogP contribution in [0.25, 0.3) is 10.5 Å². The SMILES string of the molecule is C/C(=C1\C(=O)N2C(C(=O)O)=C(c3cccnc3)S[C@H]12)c1c[nH]nn1. The number of allylic oxidation sites excluding steroid dienone is 1. The number of aromatic amines is 1. The van der Waals surface area contributed by atoms with Crippen LogP contribution in [0.5, 0.6) is 0 Å². The van der Waals surface area contributed by atoms with Crippen LogP contribution in [-0.4, -0.2) is 47.7 Å². The zero-order chi connectivity index (χ0) is 16.8. The number of aliphatic carboxylic acids is 1. The van der Waals surface area contributed by atoms with Crippen molar-refractivity contribution in [2.24, 2.45) is 0 Å². The second-order valence-corrected chi connectivity index (χ2v) is 6.36. The van der Waals surface area contributed by atoms with Crippen LogP contribution < -0.4 is 0 Å². The van der Waals surface area contributed by atoms with Gasteiger partial charge in [-0.3, -0.25) is 19.8 Å². The molecule has 24 heavy (non-hydrogen) atoms. The highest BCUT2D eigenvalue weighted by molar-refractivity contribution is 8.09. The Morgan fingerprint density at radius 2 is 2.29 bits per heavy atom. The lowest BCUT2D eigenvalue weighted by Gasteiger charge is -2.38. The second kappa shape index (κ2) is 5.31. The average molecular weight is 341 g/mol. The molecule has 2 aliphatic rings. The summed E-state index contributed by atoms with van der Waals surface area (Å²) in [4.78, 5) is 30.1. The van der Waals surface area contributed by atoms with Crippen molar-refractivity contribution >= 4 is 34.1 Å². The Bertz CT molecular complexity index is 904. The molecule has 4 rings (SSSR count). The molecule has 0 unspecified atom stereocenters. The summed E-state index contributed by atoms with van der Waals surface area (Å²) < 4.78 is 0. The average Bonchev–Trinajstić information content (AvgIpc) is 3.21. The number of carbonyl (C=O) groups is 2. The van der Waals surface area contributed by atoms with Crippen molar-refractivity contribution in [2.75, 3.05) is 0 Å². The first kappa shape index (κ1) is 14.6. The molecule has 2 aliphatic heterocycles. The largest absolute Gasteiger partial charge is 0.477 e. The van der Waals surface area contributed by atoms with Crippen LogP contribution in [0.15, 0.2) is 42.0 Å². The van der Waals surface area contributed by atoms with E-state index in [-0.39, 0.29) is 17.0 Å². The number of β-lactam (4-membered cyclic amide) rings is 1. The Hall–Kier alpha value is -2.94. The summed E-state index contributed by atoms with van der Waals surface area (Å²) in [6.45, 7) is 1.78. The number of carbonyl (C=O) groups excluding carboxylic acids is 1. The van der Waals surface area contributed by atoms with E-state index in [0.717, 1.165) is 0 Å². The van der Waals surface area contributed by atoms with Crippen LogP contribution in [-0.2, 0) is 9.59 Å². The first-order valence-corrected chi connectivity index (χ1v) is 7.93. The Morgan fingerprint density at radius 1 is 1.46 bits per heavy atom. The number of carboxylic acids is 1. The number of nitrogens with one attached hydrogen (secondary N) is 1. The highest BCUT2D eigenvalue weighted by Crippen LogP contribution is 2.53. The second-order valence-electron chi connectivity index (χ2n) is 5.27. The molecule has 0 spiro atoms. The van der Waals surface area contributed by atoms with Crippen LogP contribution in [0.1, 0.15) is 18.2 Å². The van der Waals surface area contributed by atoms with Gasteiger partial charge in [-0.1, -0.05) is 23.0 Å². The normalized spacial score (nSPS) is 21.6. The predicted octanol–water partition coefficient (Wildman–Crippen LogP) is 1.34. The maximum absolute atomic E-state index is 12.6. The number of fused-ring (bicyclic) bond motifs is 1. The number of thioether (sulfide) groups is 1. The van der Waals surface area contributed by atoms with E-state index in [1.54, 1.807) is 37.6 Å². The van der Waals surface area contributed by atoms with Gasteiger partial charge in [0.2, 0.25) is 0 Å². The third-order valence-corrected chi connectivity index (χ3v) is 5.28. The molecule has 0 saturated carbocycles. The van der Waals surface area contributed by atoms with Crippen molar-refractivity contribution in [1.29, 1.82) is 0 Å². The number of carboxylic acid groups (broad SMARTS) is 1. The van der Waals surface area contributed by atoms with Crippen LogP contribution in [0.3, 0.4) is 0 Å². The summed E-state index contributed by atoms with van der Waals surface area (Å²) in [5, 5.41) is 19.4. The molecule has 120 valence electrons. The molecule has 1 amide bonds. The molecule has 4 heterocycles. The summed E-state index contributed by atoms with van der Waals surface area (Å²) in [7, 11) is 0. The van der Waals surface area contributed by atoms with E-state index in [1.165, 1.54) is 16.7 Å². The molecule has 9 heteroatoms. The number of rotatable bonds is 3. The van der Waals surface area contributed by atoms with Gasteiger partial charge in [0, 0.05) is 29.1 Å². The zero-order valence-electron chi connectivity index (χ0n) is 12.4. The molecule has 0 radical (unpaired) electrons. The minimum absolute atomic E-state index is 0.000275. The van der Waals surface area contributed by atoms with Crippen LogP contribution in [0.4, 0.5) is 0 Å². The molecular formula is C15H11N5O3S. The van der Waals surface area contributed by atoms with Gasteiger partial charge in [-0.25, -0.2) is 4.79 Å². The smallest absolute Gasteiger partial charge is 0.353 e. The Kier molecular flexibility index (Phi) is 3.24. The fourth-order valence-corrected chi connectivity index (χ4v) is 4.26. The van der Waals surface area contributed by atoms with Gasteiger partial charge in [0.15, 0.2) is 0 Å². The van der Waals surface area contributed by atoms with Gasteiger partial charge < -0.3 is 5.11 Å². The number of H-pyrrole nitrogens is 1. The number of hydrogen-bond acceptors (Lipinski definition) is 6. The van der Waals surface area contributed by atoms with E-state index in [0.29, 0.717) is 27.3 Å². The van der Waals surface area contributed by atoms with Crippen LogP contribution in [0, 0.1) is 0 Å². The highest BCUT2D eigenvalue weighted by Gasteiger charge is 2.53. The Labute approximate surface area is 140 Å². The third kappa shape index (κ3) is 1.98. The molecule has 1 saturated heterocycles. The lowest BCUT2D eigenvalue weighted by Crippen LogP contribution is -2.51. The minimum atomic E-state index is -1.13. The van der Waals surface area contributed by atoms with E-state index in [1.807, 2.05) is 0 Å². The van der Waals surface area contributed by atoms with Gasteiger partial charge in [-0.2, -0.15) is 0 Å². The molecule has 0 aliphatic carbocycles. The van der Waals surface area contributed by atoms with Gasteiger partial charge in [-0.05, 0) is 18.6 Å². The van der Waals surface area contributed by atoms with Gasteiger partial charge in [0.05, 0.1) is 5.57 Å². The van der Waals surface area contributed by atoms with Crippen LogP contribution in [0.2, 0.25) is 0 Å². The molecule has 0 aromatic carbocycles. The van der Waals surface area contributed by atoms with Gasteiger partial charge in [0.1, 0.15) is 16.8 Å². The van der Waals surface area contributed by atoms with E-state index < -0.39 is 5.97 Å². The van der Waals surface area contributed by atoms with Crippen LogP contribution >= 0.6 is 11.8 Å². The summed E-state index contributed by atoms with van der Waals surface area (Å²) in [6, 6.07) is 3.51. The first-order valence-electron chi connectivity index (χ1n) is 7.05. The maximum Gasteiger partial charge on any atom is 0.353 e. The number of aromatic nitrogens is 4. The summed E-state index contributed by atoms with van der Waals surface area (Å²) in [6.07, 6.45) is 4.81. The lowest BCUT2D eigenvalue weighted by molar-refractivity contribution is -0.140. The fraction of sp³-hybridized carbons (Fsp3) is 0.133. The Balaban J connectivity index is 1.78. The van der Waals surface area contributed by atoms with E-state index in [2.05, 4.69) is 20.4 Å². The minimum Gasteiger partial charge on any atom is -0.477 e. The molecule has 8 nitrogen and oxygen atoms in total. The summed E-state index contributed by atoms with van der Waals surface area (Å²) in [5.41, 5.74) is 2.50. The van der Waals surface area contributed by atoms with Gasteiger partial charge >= 0.3 is 5.97 Å². The molecule has 1 atom stereocenters. The quantitative estimate of drug-likeness (QED) is 0.640. The highest BCUT2D eigenvalue weighted by atomic mass is 32.2.